The van der Waals surface area contributed by atoms with Gasteiger partial charge >= 0.3 is 0 Å². The van der Waals surface area contributed by atoms with Crippen LogP contribution in [0, 0.1) is 17.1 Å². The average molecular weight is 283 g/mol. The van der Waals surface area contributed by atoms with Gasteiger partial charge in [0, 0.05) is 10.0 Å². The number of benzene rings is 1. The first-order valence-corrected chi connectivity index (χ1v) is 5.73. The molecule has 0 saturated heterocycles. The number of hydrogen-bond donors (Lipinski definition) is 1. The number of allylic oxidation sites excluding steroid dienone is 1. The van der Waals surface area contributed by atoms with Crippen LogP contribution in [0.2, 0.25) is 0 Å². The van der Waals surface area contributed by atoms with Crippen molar-refractivity contribution in [1.82, 2.24) is 0 Å². The number of rotatable bonds is 3. The van der Waals surface area contributed by atoms with Crippen LogP contribution >= 0.6 is 15.9 Å². The van der Waals surface area contributed by atoms with E-state index in [4.69, 9.17) is 11.0 Å². The summed E-state index contributed by atoms with van der Waals surface area (Å²) in [6.07, 6.45) is 1.37. The minimum atomic E-state index is -0.421. The van der Waals surface area contributed by atoms with E-state index in [-0.39, 0.29) is 11.3 Å². The molecule has 0 unspecified atom stereocenters. The predicted octanol–water partition coefficient (Wildman–Crippen LogP) is 3.58. The van der Waals surface area contributed by atoms with Gasteiger partial charge < -0.3 is 5.73 Å². The third-order valence-corrected chi connectivity index (χ3v) is 2.67. The first-order chi connectivity index (χ1) is 7.60. The van der Waals surface area contributed by atoms with Gasteiger partial charge in [0.1, 0.15) is 5.82 Å². The standard InChI is InChI=1S/C12H12BrFN2/c1-2-3-8(7-15)12(16)10-5-4-9(13)6-11(10)14/h4-6H,2-3,16H2,1H3/b12-8-. The molecule has 0 spiro atoms. The van der Waals surface area contributed by atoms with E-state index in [9.17, 15) is 4.39 Å². The second kappa shape index (κ2) is 5.66. The quantitative estimate of drug-likeness (QED) is 0.862. The van der Waals surface area contributed by atoms with Crippen LogP contribution in [-0.4, -0.2) is 0 Å². The molecule has 16 heavy (non-hydrogen) atoms. The zero-order chi connectivity index (χ0) is 12.1. The second-order valence-electron chi connectivity index (χ2n) is 3.38. The molecular formula is C12H12BrFN2. The predicted molar refractivity (Wildman–Crippen MR) is 65.7 cm³/mol. The van der Waals surface area contributed by atoms with E-state index >= 15 is 0 Å². The van der Waals surface area contributed by atoms with Crippen LogP contribution in [0.25, 0.3) is 5.70 Å². The Kier molecular flexibility index (Phi) is 4.51. The second-order valence-corrected chi connectivity index (χ2v) is 4.29. The number of hydrogen-bond acceptors (Lipinski definition) is 2. The van der Waals surface area contributed by atoms with E-state index in [0.717, 1.165) is 6.42 Å². The highest BCUT2D eigenvalue weighted by Crippen LogP contribution is 2.22. The van der Waals surface area contributed by atoms with Gasteiger partial charge in [0.15, 0.2) is 0 Å². The fourth-order valence-corrected chi connectivity index (χ4v) is 1.70. The third-order valence-electron chi connectivity index (χ3n) is 2.18. The fourth-order valence-electron chi connectivity index (χ4n) is 1.37. The molecule has 0 aliphatic carbocycles. The molecule has 0 bridgehead atoms. The molecule has 0 amide bonds. The van der Waals surface area contributed by atoms with E-state index in [0.29, 0.717) is 16.5 Å². The van der Waals surface area contributed by atoms with Crippen LogP contribution in [0.4, 0.5) is 4.39 Å². The lowest BCUT2D eigenvalue weighted by molar-refractivity contribution is 0.622. The number of nitrogens with zero attached hydrogens (tertiary/aromatic N) is 1. The normalized spacial score (nSPS) is 11.9. The Hall–Kier alpha value is -1.34. The van der Waals surface area contributed by atoms with Crippen molar-refractivity contribution in [2.45, 2.75) is 19.8 Å². The molecule has 1 rings (SSSR count). The number of halogens is 2. The van der Waals surface area contributed by atoms with Crippen molar-refractivity contribution < 1.29 is 4.39 Å². The SMILES string of the molecule is CCC/C(C#N)=C(/N)c1ccc(Br)cc1F. The summed E-state index contributed by atoms with van der Waals surface area (Å²) < 4.78 is 14.2. The maximum absolute atomic E-state index is 13.6. The molecule has 4 heteroatoms. The molecule has 0 heterocycles. The molecule has 1 aromatic rings. The molecule has 1 aromatic carbocycles. The van der Waals surface area contributed by atoms with Crippen LogP contribution in [0.1, 0.15) is 25.3 Å². The Balaban J connectivity index is 3.22. The molecule has 0 aromatic heterocycles. The van der Waals surface area contributed by atoms with Crippen LogP contribution in [0.3, 0.4) is 0 Å². The van der Waals surface area contributed by atoms with Gasteiger partial charge in [-0.2, -0.15) is 5.26 Å². The lowest BCUT2D eigenvalue weighted by Crippen LogP contribution is -2.03. The minimum Gasteiger partial charge on any atom is -0.397 e. The van der Waals surface area contributed by atoms with Crippen LogP contribution < -0.4 is 5.73 Å². The topological polar surface area (TPSA) is 49.8 Å². The van der Waals surface area contributed by atoms with Crippen molar-refractivity contribution in [3.8, 4) is 6.07 Å². The van der Waals surface area contributed by atoms with E-state index in [2.05, 4.69) is 15.9 Å². The lowest BCUT2D eigenvalue weighted by Gasteiger charge is -2.06. The van der Waals surface area contributed by atoms with Crippen LogP contribution in [0.5, 0.6) is 0 Å². The van der Waals surface area contributed by atoms with E-state index in [1.165, 1.54) is 6.07 Å². The fraction of sp³-hybridized carbons (Fsp3) is 0.250. The number of nitriles is 1. The lowest BCUT2D eigenvalue weighted by atomic mass is 10.0. The Labute approximate surface area is 103 Å². The summed E-state index contributed by atoms with van der Waals surface area (Å²) in [5, 5.41) is 8.91. The van der Waals surface area contributed by atoms with Crippen molar-refractivity contribution >= 4 is 21.6 Å². The maximum Gasteiger partial charge on any atom is 0.133 e. The molecule has 84 valence electrons. The summed E-state index contributed by atoms with van der Waals surface area (Å²) in [6.45, 7) is 1.95. The van der Waals surface area contributed by atoms with E-state index in [1.807, 2.05) is 13.0 Å². The van der Waals surface area contributed by atoms with Crippen molar-refractivity contribution in [3.63, 3.8) is 0 Å². The molecule has 0 atom stereocenters. The van der Waals surface area contributed by atoms with Gasteiger partial charge in [-0.3, -0.25) is 0 Å². The summed E-state index contributed by atoms with van der Waals surface area (Å²) in [5.41, 5.74) is 6.74. The molecule has 2 nitrogen and oxygen atoms in total. The molecule has 0 aliphatic rings. The smallest absolute Gasteiger partial charge is 0.133 e. The van der Waals surface area contributed by atoms with Gasteiger partial charge in [0.2, 0.25) is 0 Å². The highest BCUT2D eigenvalue weighted by molar-refractivity contribution is 9.10. The molecule has 0 aliphatic heterocycles. The minimum absolute atomic E-state index is 0.231. The summed E-state index contributed by atoms with van der Waals surface area (Å²) in [6, 6.07) is 6.63. The Morgan fingerprint density at radius 2 is 2.25 bits per heavy atom. The zero-order valence-electron chi connectivity index (χ0n) is 8.93. The van der Waals surface area contributed by atoms with Crippen LogP contribution in [-0.2, 0) is 0 Å². The van der Waals surface area contributed by atoms with Crippen molar-refractivity contribution in [3.05, 3.63) is 39.6 Å². The highest BCUT2D eigenvalue weighted by atomic mass is 79.9. The maximum atomic E-state index is 13.6. The molecular weight excluding hydrogens is 271 g/mol. The van der Waals surface area contributed by atoms with Crippen molar-refractivity contribution in [2.75, 3.05) is 0 Å². The van der Waals surface area contributed by atoms with Gasteiger partial charge in [-0.05, 0) is 24.6 Å². The van der Waals surface area contributed by atoms with Gasteiger partial charge in [0.05, 0.1) is 17.3 Å². The highest BCUT2D eigenvalue weighted by Gasteiger charge is 2.10. The first kappa shape index (κ1) is 12.7. The first-order valence-electron chi connectivity index (χ1n) is 4.94. The van der Waals surface area contributed by atoms with Gasteiger partial charge in [-0.1, -0.05) is 29.3 Å². The molecule has 0 fully saturated rings. The summed E-state index contributed by atoms with van der Waals surface area (Å²) in [5.74, 6) is -0.421. The third kappa shape index (κ3) is 2.83. The van der Waals surface area contributed by atoms with Crippen molar-refractivity contribution in [1.29, 1.82) is 5.26 Å². The van der Waals surface area contributed by atoms with E-state index in [1.54, 1.807) is 12.1 Å². The summed E-state index contributed by atoms with van der Waals surface area (Å²) in [7, 11) is 0. The van der Waals surface area contributed by atoms with Gasteiger partial charge in [-0.15, -0.1) is 0 Å². The zero-order valence-corrected chi connectivity index (χ0v) is 10.5. The molecule has 2 N–H and O–H groups in total. The summed E-state index contributed by atoms with van der Waals surface area (Å²) in [4.78, 5) is 0. The largest absolute Gasteiger partial charge is 0.397 e. The molecule has 0 saturated carbocycles. The molecule has 0 radical (unpaired) electrons. The Morgan fingerprint density at radius 1 is 1.56 bits per heavy atom. The number of nitrogens with two attached hydrogens (primary N) is 1. The monoisotopic (exact) mass is 282 g/mol. The summed E-state index contributed by atoms with van der Waals surface area (Å²) >= 11 is 3.17. The van der Waals surface area contributed by atoms with Gasteiger partial charge in [0.25, 0.3) is 0 Å². The van der Waals surface area contributed by atoms with Crippen LogP contribution in [0.15, 0.2) is 28.2 Å². The Bertz CT molecular complexity index is 461. The van der Waals surface area contributed by atoms with Crippen molar-refractivity contribution in [2.24, 2.45) is 5.73 Å². The average Bonchev–Trinajstić information content (AvgIpc) is 2.25. The van der Waals surface area contributed by atoms with Gasteiger partial charge in [-0.25, -0.2) is 4.39 Å². The Morgan fingerprint density at radius 3 is 2.75 bits per heavy atom. The van der Waals surface area contributed by atoms with E-state index < -0.39 is 5.82 Å².